The molecule has 2 heterocycles. The highest BCUT2D eigenvalue weighted by atomic mass is 16.6. The Morgan fingerprint density at radius 3 is 2.24 bits per heavy atom. The molecule has 2 fully saturated rings. The summed E-state index contributed by atoms with van der Waals surface area (Å²) in [5.41, 5.74) is 0. The molecule has 3 amide bonds. The van der Waals surface area contributed by atoms with Gasteiger partial charge in [0.05, 0.1) is 12.5 Å². The Bertz CT molecular complexity index is 487. The Kier molecular flexibility index (Phi) is 7.08. The van der Waals surface area contributed by atoms with Crippen LogP contribution in [0.1, 0.15) is 40.0 Å². The molecule has 0 spiro atoms. The van der Waals surface area contributed by atoms with Crippen LogP contribution in [-0.4, -0.2) is 78.5 Å². The van der Waals surface area contributed by atoms with Crippen molar-refractivity contribution >= 4 is 17.9 Å². The highest BCUT2D eigenvalue weighted by Crippen LogP contribution is 2.20. The fourth-order valence-corrected chi connectivity index (χ4v) is 3.33. The van der Waals surface area contributed by atoms with Crippen LogP contribution in [0.4, 0.5) is 4.79 Å². The second kappa shape index (κ2) is 9.06. The molecule has 2 aliphatic heterocycles. The lowest BCUT2D eigenvalue weighted by Crippen LogP contribution is -2.54. The maximum absolute atomic E-state index is 12.8. The maximum atomic E-state index is 12.8. The molecular formula is C18H31N3O4. The lowest BCUT2D eigenvalue weighted by Gasteiger charge is -2.38. The fourth-order valence-electron chi connectivity index (χ4n) is 3.33. The van der Waals surface area contributed by atoms with Crippen LogP contribution < -0.4 is 0 Å². The van der Waals surface area contributed by atoms with E-state index in [1.54, 1.807) is 4.90 Å². The molecule has 0 aliphatic carbocycles. The molecule has 1 unspecified atom stereocenters. The zero-order valence-corrected chi connectivity index (χ0v) is 15.7. The van der Waals surface area contributed by atoms with Gasteiger partial charge in [-0.25, -0.2) is 4.79 Å². The number of likely N-dealkylation sites (tertiary alicyclic amines) is 1. The molecule has 2 saturated heterocycles. The van der Waals surface area contributed by atoms with E-state index in [1.165, 1.54) is 0 Å². The number of nitrogens with zero attached hydrogens (tertiary/aromatic N) is 3. The lowest BCUT2D eigenvalue weighted by atomic mass is 9.96. The number of carbonyl (C=O) groups is 3. The van der Waals surface area contributed by atoms with E-state index in [0.717, 1.165) is 19.4 Å². The van der Waals surface area contributed by atoms with Crippen molar-refractivity contribution in [3.63, 3.8) is 0 Å². The first kappa shape index (κ1) is 19.5. The van der Waals surface area contributed by atoms with E-state index in [0.29, 0.717) is 51.7 Å². The van der Waals surface area contributed by atoms with Gasteiger partial charge < -0.3 is 19.4 Å². The SMILES string of the molecule is CCC(=O)N1CCCC(C(=O)N2CCN(C(=O)OCC(C)C)CC2)C1. The summed E-state index contributed by atoms with van der Waals surface area (Å²) in [7, 11) is 0. The van der Waals surface area contributed by atoms with E-state index < -0.39 is 0 Å². The number of amides is 3. The van der Waals surface area contributed by atoms with E-state index in [-0.39, 0.29) is 23.8 Å². The second-order valence-corrected chi connectivity index (χ2v) is 7.32. The van der Waals surface area contributed by atoms with E-state index in [4.69, 9.17) is 4.74 Å². The normalized spacial score (nSPS) is 21.4. The summed E-state index contributed by atoms with van der Waals surface area (Å²) in [6, 6.07) is 0. The molecule has 142 valence electrons. The monoisotopic (exact) mass is 353 g/mol. The van der Waals surface area contributed by atoms with Gasteiger partial charge in [0.1, 0.15) is 0 Å². The zero-order chi connectivity index (χ0) is 18.4. The number of piperazine rings is 1. The van der Waals surface area contributed by atoms with Crippen LogP contribution >= 0.6 is 0 Å². The van der Waals surface area contributed by atoms with E-state index in [2.05, 4.69) is 0 Å². The van der Waals surface area contributed by atoms with Gasteiger partial charge in [-0.3, -0.25) is 9.59 Å². The van der Waals surface area contributed by atoms with Crippen molar-refractivity contribution in [3.8, 4) is 0 Å². The van der Waals surface area contributed by atoms with E-state index in [1.807, 2.05) is 30.6 Å². The second-order valence-electron chi connectivity index (χ2n) is 7.32. The molecule has 2 aliphatic rings. The molecule has 0 aromatic carbocycles. The standard InChI is InChI=1S/C18H31N3O4/c1-4-16(22)21-7-5-6-15(12-21)17(23)19-8-10-20(11-9-19)18(24)25-13-14(2)3/h14-15H,4-13H2,1-3H3. The van der Waals surface area contributed by atoms with Gasteiger partial charge in [-0.2, -0.15) is 0 Å². The Morgan fingerprint density at radius 1 is 1.00 bits per heavy atom. The lowest BCUT2D eigenvalue weighted by molar-refractivity contribution is -0.142. The van der Waals surface area contributed by atoms with E-state index in [9.17, 15) is 14.4 Å². The van der Waals surface area contributed by atoms with Crippen LogP contribution in [0.2, 0.25) is 0 Å². The topological polar surface area (TPSA) is 70.2 Å². The molecular weight excluding hydrogens is 322 g/mol. The minimum Gasteiger partial charge on any atom is -0.449 e. The number of carbonyl (C=O) groups excluding carboxylic acids is 3. The third kappa shape index (κ3) is 5.34. The first-order chi connectivity index (χ1) is 11.9. The number of rotatable bonds is 4. The quantitative estimate of drug-likeness (QED) is 0.769. The van der Waals surface area contributed by atoms with Gasteiger partial charge in [0.15, 0.2) is 0 Å². The molecule has 1 atom stereocenters. The van der Waals surface area contributed by atoms with Crippen LogP contribution in [0.5, 0.6) is 0 Å². The fraction of sp³-hybridized carbons (Fsp3) is 0.833. The Hall–Kier alpha value is -1.79. The summed E-state index contributed by atoms with van der Waals surface area (Å²) >= 11 is 0. The molecule has 7 nitrogen and oxygen atoms in total. The van der Waals surface area contributed by atoms with Crippen molar-refractivity contribution in [2.24, 2.45) is 11.8 Å². The van der Waals surface area contributed by atoms with Crippen molar-refractivity contribution in [3.05, 3.63) is 0 Å². The van der Waals surface area contributed by atoms with Gasteiger partial charge in [0.2, 0.25) is 11.8 Å². The van der Waals surface area contributed by atoms with Crippen molar-refractivity contribution in [1.29, 1.82) is 0 Å². The highest BCUT2D eigenvalue weighted by Gasteiger charge is 2.33. The first-order valence-corrected chi connectivity index (χ1v) is 9.40. The minimum atomic E-state index is -0.293. The minimum absolute atomic E-state index is 0.108. The first-order valence-electron chi connectivity index (χ1n) is 9.40. The predicted molar refractivity (Wildman–Crippen MR) is 93.9 cm³/mol. The van der Waals surface area contributed by atoms with Crippen LogP contribution in [0.15, 0.2) is 0 Å². The number of piperidine rings is 1. The Labute approximate surface area is 150 Å². The third-order valence-corrected chi connectivity index (χ3v) is 4.82. The summed E-state index contributed by atoms with van der Waals surface area (Å²) in [5.74, 6) is 0.439. The van der Waals surface area contributed by atoms with Crippen LogP contribution in [0.3, 0.4) is 0 Å². The molecule has 0 aromatic heterocycles. The summed E-state index contributed by atoms with van der Waals surface area (Å²) in [5, 5.41) is 0. The molecule has 25 heavy (non-hydrogen) atoms. The molecule has 2 rings (SSSR count). The largest absolute Gasteiger partial charge is 0.449 e. The highest BCUT2D eigenvalue weighted by molar-refractivity contribution is 5.81. The van der Waals surface area contributed by atoms with Gasteiger partial charge in [-0.15, -0.1) is 0 Å². The Morgan fingerprint density at radius 2 is 1.64 bits per heavy atom. The van der Waals surface area contributed by atoms with Crippen LogP contribution in [0.25, 0.3) is 0 Å². The molecule has 0 aromatic rings. The summed E-state index contributed by atoms with van der Waals surface area (Å²) in [6.45, 7) is 9.64. The van der Waals surface area contributed by atoms with Crippen LogP contribution in [0, 0.1) is 11.8 Å². The van der Waals surface area contributed by atoms with E-state index >= 15 is 0 Å². The average Bonchev–Trinajstić information content (AvgIpc) is 2.65. The molecule has 0 saturated carbocycles. The van der Waals surface area contributed by atoms with Crippen molar-refractivity contribution < 1.29 is 19.1 Å². The summed E-state index contributed by atoms with van der Waals surface area (Å²) < 4.78 is 5.25. The summed E-state index contributed by atoms with van der Waals surface area (Å²) in [4.78, 5) is 41.9. The third-order valence-electron chi connectivity index (χ3n) is 4.82. The van der Waals surface area contributed by atoms with Gasteiger partial charge in [-0.05, 0) is 18.8 Å². The number of hydrogen-bond acceptors (Lipinski definition) is 4. The smallest absolute Gasteiger partial charge is 0.409 e. The molecule has 0 N–H and O–H groups in total. The maximum Gasteiger partial charge on any atom is 0.409 e. The van der Waals surface area contributed by atoms with Crippen LogP contribution in [-0.2, 0) is 14.3 Å². The zero-order valence-electron chi connectivity index (χ0n) is 15.7. The van der Waals surface area contributed by atoms with Gasteiger partial charge in [0.25, 0.3) is 0 Å². The molecule has 7 heteroatoms. The number of ether oxygens (including phenoxy) is 1. The predicted octanol–water partition coefficient (Wildman–Crippen LogP) is 1.57. The number of hydrogen-bond donors (Lipinski definition) is 0. The van der Waals surface area contributed by atoms with Gasteiger partial charge >= 0.3 is 6.09 Å². The molecule has 0 bridgehead atoms. The Balaban J connectivity index is 1.80. The van der Waals surface area contributed by atoms with Crippen molar-refractivity contribution in [2.45, 2.75) is 40.0 Å². The molecule has 0 radical (unpaired) electrons. The van der Waals surface area contributed by atoms with Crippen molar-refractivity contribution in [2.75, 3.05) is 45.9 Å². The average molecular weight is 353 g/mol. The van der Waals surface area contributed by atoms with Gasteiger partial charge in [0, 0.05) is 45.7 Å². The van der Waals surface area contributed by atoms with Crippen molar-refractivity contribution in [1.82, 2.24) is 14.7 Å². The van der Waals surface area contributed by atoms with Gasteiger partial charge in [-0.1, -0.05) is 20.8 Å². The summed E-state index contributed by atoms with van der Waals surface area (Å²) in [6.07, 6.45) is 1.91.